The van der Waals surface area contributed by atoms with E-state index < -0.39 is 5.92 Å². The Balaban J connectivity index is 2.74. The van der Waals surface area contributed by atoms with E-state index in [1.807, 2.05) is 13.8 Å². The summed E-state index contributed by atoms with van der Waals surface area (Å²) in [6.07, 6.45) is 2.14. The first-order valence-corrected chi connectivity index (χ1v) is 5.18. The summed E-state index contributed by atoms with van der Waals surface area (Å²) in [5, 5.41) is -0.267. The van der Waals surface area contributed by atoms with Crippen LogP contribution in [0.5, 0.6) is 0 Å². The number of ketones is 2. The lowest BCUT2D eigenvalue weighted by Gasteiger charge is -2.25. The van der Waals surface area contributed by atoms with Crippen molar-refractivity contribution in [3.8, 4) is 0 Å². The molecule has 0 heterocycles. The minimum atomic E-state index is -0.532. The van der Waals surface area contributed by atoms with Crippen molar-refractivity contribution in [2.45, 2.75) is 38.5 Å². The number of halogens is 1. The molecule has 1 rings (SSSR count). The van der Waals surface area contributed by atoms with Crippen molar-refractivity contribution in [3.05, 3.63) is 0 Å². The predicted molar refractivity (Wildman–Crippen MR) is 51.8 cm³/mol. The third-order valence-corrected chi connectivity index (χ3v) is 2.96. The summed E-state index contributed by atoms with van der Waals surface area (Å²) in [6.45, 7) is 3.63. The molecule has 13 heavy (non-hydrogen) atoms. The molecule has 74 valence electrons. The lowest BCUT2D eigenvalue weighted by molar-refractivity contribution is -0.135. The molecule has 0 radical (unpaired) electrons. The molecule has 0 aromatic heterocycles. The highest BCUT2D eigenvalue weighted by molar-refractivity contribution is 6.25. The summed E-state index contributed by atoms with van der Waals surface area (Å²) in [5.74, 6) is -0.585. The van der Waals surface area contributed by atoms with E-state index in [1.54, 1.807) is 0 Å². The van der Waals surface area contributed by atoms with Crippen LogP contribution < -0.4 is 0 Å². The van der Waals surface area contributed by atoms with Crippen molar-refractivity contribution in [3.63, 3.8) is 0 Å². The van der Waals surface area contributed by atoms with Crippen molar-refractivity contribution in [1.82, 2.24) is 0 Å². The van der Waals surface area contributed by atoms with Crippen LogP contribution in [0.3, 0.4) is 0 Å². The number of rotatable bonds is 2. The van der Waals surface area contributed by atoms with Gasteiger partial charge in [0.2, 0.25) is 0 Å². The first kappa shape index (κ1) is 10.7. The number of hydrogen-bond acceptors (Lipinski definition) is 2. The largest absolute Gasteiger partial charge is 0.299 e. The zero-order valence-corrected chi connectivity index (χ0v) is 8.80. The lowest BCUT2D eigenvalue weighted by atomic mass is 9.81. The summed E-state index contributed by atoms with van der Waals surface area (Å²) in [5.41, 5.74) is 0. The second kappa shape index (κ2) is 4.23. The van der Waals surface area contributed by atoms with Gasteiger partial charge in [0, 0.05) is 12.3 Å². The fourth-order valence-corrected chi connectivity index (χ4v) is 2.11. The molecule has 0 N–H and O–H groups in total. The Morgan fingerprint density at radius 3 is 2.62 bits per heavy atom. The average molecular weight is 203 g/mol. The summed E-state index contributed by atoms with van der Waals surface area (Å²) in [4.78, 5) is 23.1. The van der Waals surface area contributed by atoms with Gasteiger partial charge in [-0.25, -0.2) is 0 Å². The van der Waals surface area contributed by atoms with Crippen molar-refractivity contribution in [1.29, 1.82) is 0 Å². The Kier molecular flexibility index (Phi) is 3.48. The standard InChI is InChI=1S/C10H15ClO2/c1-6(2)10(13)9-7(11)4-3-5-8(9)12/h6-7,9H,3-5H2,1-2H3. The first-order valence-electron chi connectivity index (χ1n) is 4.74. The van der Waals surface area contributed by atoms with E-state index in [0.717, 1.165) is 12.8 Å². The SMILES string of the molecule is CC(C)C(=O)C1C(=O)CCCC1Cl. The van der Waals surface area contributed by atoms with Crippen LogP contribution in [0.2, 0.25) is 0 Å². The Morgan fingerprint density at radius 2 is 2.15 bits per heavy atom. The van der Waals surface area contributed by atoms with E-state index in [4.69, 9.17) is 11.6 Å². The Morgan fingerprint density at radius 1 is 1.54 bits per heavy atom. The van der Waals surface area contributed by atoms with Crippen molar-refractivity contribution < 1.29 is 9.59 Å². The highest BCUT2D eigenvalue weighted by Gasteiger charge is 2.36. The summed E-state index contributed by atoms with van der Waals surface area (Å²) >= 11 is 5.97. The third kappa shape index (κ3) is 2.31. The lowest BCUT2D eigenvalue weighted by Crippen LogP contribution is -2.37. The van der Waals surface area contributed by atoms with E-state index in [-0.39, 0.29) is 22.9 Å². The van der Waals surface area contributed by atoms with E-state index in [1.165, 1.54) is 0 Å². The Hall–Kier alpha value is -0.370. The van der Waals surface area contributed by atoms with Gasteiger partial charge in [-0.3, -0.25) is 9.59 Å². The maximum Gasteiger partial charge on any atom is 0.147 e. The minimum absolute atomic E-state index is 0.00435. The van der Waals surface area contributed by atoms with E-state index >= 15 is 0 Å². The van der Waals surface area contributed by atoms with Crippen molar-refractivity contribution >= 4 is 23.2 Å². The molecule has 0 spiro atoms. The normalized spacial score (nSPS) is 29.4. The molecule has 0 aromatic rings. The highest BCUT2D eigenvalue weighted by Crippen LogP contribution is 2.28. The predicted octanol–water partition coefficient (Wildman–Crippen LogP) is 2.19. The topological polar surface area (TPSA) is 34.1 Å². The van der Waals surface area contributed by atoms with Crippen LogP contribution in [0, 0.1) is 11.8 Å². The van der Waals surface area contributed by atoms with Crippen molar-refractivity contribution in [2.24, 2.45) is 11.8 Å². The third-order valence-electron chi connectivity index (χ3n) is 2.49. The van der Waals surface area contributed by atoms with Gasteiger partial charge in [0.1, 0.15) is 11.6 Å². The molecule has 0 bridgehead atoms. The number of hydrogen-bond donors (Lipinski definition) is 0. The van der Waals surface area contributed by atoms with Gasteiger partial charge in [-0.15, -0.1) is 11.6 Å². The zero-order valence-electron chi connectivity index (χ0n) is 8.05. The molecular weight excluding hydrogens is 188 g/mol. The van der Waals surface area contributed by atoms with Gasteiger partial charge in [-0.05, 0) is 12.8 Å². The van der Waals surface area contributed by atoms with Gasteiger partial charge in [0.15, 0.2) is 0 Å². The van der Waals surface area contributed by atoms with Gasteiger partial charge >= 0.3 is 0 Å². The van der Waals surface area contributed by atoms with E-state index in [2.05, 4.69) is 0 Å². The van der Waals surface area contributed by atoms with Crippen LogP contribution in [0.1, 0.15) is 33.1 Å². The number of carbonyl (C=O) groups is 2. The van der Waals surface area contributed by atoms with Crippen LogP contribution in [0.4, 0.5) is 0 Å². The van der Waals surface area contributed by atoms with Gasteiger partial charge in [-0.2, -0.15) is 0 Å². The zero-order chi connectivity index (χ0) is 10.0. The summed E-state index contributed by atoms with van der Waals surface area (Å²) in [7, 11) is 0. The number of carbonyl (C=O) groups excluding carboxylic acids is 2. The van der Waals surface area contributed by atoms with Crippen LogP contribution >= 0.6 is 11.6 Å². The first-order chi connectivity index (χ1) is 6.04. The van der Waals surface area contributed by atoms with Crippen LogP contribution in [0.25, 0.3) is 0 Å². The molecule has 2 unspecified atom stereocenters. The summed E-state index contributed by atoms with van der Waals surface area (Å²) < 4.78 is 0. The van der Waals surface area contributed by atoms with Gasteiger partial charge < -0.3 is 0 Å². The highest BCUT2D eigenvalue weighted by atomic mass is 35.5. The molecule has 0 aromatic carbocycles. The van der Waals surface area contributed by atoms with Gasteiger partial charge in [0.25, 0.3) is 0 Å². The van der Waals surface area contributed by atoms with Crippen LogP contribution in [-0.4, -0.2) is 16.9 Å². The molecule has 0 saturated heterocycles. The second-order valence-corrected chi connectivity index (χ2v) is 4.47. The molecule has 1 aliphatic carbocycles. The molecule has 2 nitrogen and oxygen atoms in total. The van der Waals surface area contributed by atoms with Crippen LogP contribution in [0.15, 0.2) is 0 Å². The number of alkyl halides is 1. The average Bonchev–Trinajstić information content (AvgIpc) is 2.03. The van der Waals surface area contributed by atoms with Crippen LogP contribution in [-0.2, 0) is 9.59 Å². The van der Waals surface area contributed by atoms with Gasteiger partial charge in [-0.1, -0.05) is 13.8 Å². The minimum Gasteiger partial charge on any atom is -0.299 e. The molecular formula is C10H15ClO2. The molecule has 1 saturated carbocycles. The maximum atomic E-state index is 11.6. The fraction of sp³-hybridized carbons (Fsp3) is 0.800. The molecule has 3 heteroatoms. The molecule has 1 fully saturated rings. The van der Waals surface area contributed by atoms with Crippen molar-refractivity contribution in [2.75, 3.05) is 0 Å². The van der Waals surface area contributed by atoms with E-state index in [9.17, 15) is 9.59 Å². The molecule has 1 aliphatic rings. The van der Waals surface area contributed by atoms with Gasteiger partial charge in [0.05, 0.1) is 11.3 Å². The molecule has 0 amide bonds. The molecule has 2 atom stereocenters. The monoisotopic (exact) mass is 202 g/mol. The number of Topliss-reactive ketones (excluding diaryl/α,β-unsaturated/α-hetero) is 2. The second-order valence-electron chi connectivity index (χ2n) is 3.91. The molecule has 0 aliphatic heterocycles. The fourth-order valence-electron chi connectivity index (χ4n) is 1.69. The summed E-state index contributed by atoms with van der Waals surface area (Å²) in [6, 6.07) is 0. The van der Waals surface area contributed by atoms with E-state index in [0.29, 0.717) is 6.42 Å². The smallest absolute Gasteiger partial charge is 0.147 e. The maximum absolute atomic E-state index is 11.6. The quantitative estimate of drug-likeness (QED) is 0.508. The Bertz CT molecular complexity index is 223. The Labute approximate surface area is 83.6 Å².